The lowest BCUT2D eigenvalue weighted by Gasteiger charge is -2.36. The Labute approximate surface area is 151 Å². The van der Waals surface area contributed by atoms with Crippen molar-refractivity contribution in [1.29, 1.82) is 0 Å². The Kier molecular flexibility index (Phi) is 7.25. The van der Waals surface area contributed by atoms with E-state index >= 15 is 0 Å². The fraction of sp³-hybridized carbons (Fsp3) is 0.895. The normalized spacial score (nSPS) is 23.4. The number of hydrogen-bond acceptors (Lipinski definition) is 6. The van der Waals surface area contributed by atoms with E-state index in [0.29, 0.717) is 12.0 Å². The van der Waals surface area contributed by atoms with Gasteiger partial charge in [0, 0.05) is 25.6 Å². The molecule has 2 aliphatic heterocycles. The van der Waals surface area contributed by atoms with Gasteiger partial charge in [0.2, 0.25) is 5.89 Å². The first-order valence-corrected chi connectivity index (χ1v) is 10.1. The molecule has 3 heterocycles. The van der Waals surface area contributed by atoms with Crippen molar-refractivity contribution in [3.8, 4) is 0 Å². The Morgan fingerprint density at radius 2 is 2.00 bits per heavy atom. The molecule has 25 heavy (non-hydrogen) atoms. The molecule has 2 saturated heterocycles. The van der Waals surface area contributed by atoms with Crippen LogP contribution in [0.4, 0.5) is 0 Å². The zero-order chi connectivity index (χ0) is 17.5. The zero-order valence-electron chi connectivity index (χ0n) is 16.0. The molecule has 1 aromatic rings. The number of morpholine rings is 1. The number of rotatable bonds is 8. The van der Waals surface area contributed by atoms with Crippen LogP contribution in [-0.4, -0.2) is 65.4 Å². The fourth-order valence-electron chi connectivity index (χ4n) is 3.80. The number of nitrogens with zero attached hydrogens (tertiary/aromatic N) is 4. The van der Waals surface area contributed by atoms with Gasteiger partial charge in [0.15, 0.2) is 5.82 Å². The minimum absolute atomic E-state index is 0.641. The van der Waals surface area contributed by atoms with Gasteiger partial charge >= 0.3 is 0 Å². The van der Waals surface area contributed by atoms with E-state index in [-0.39, 0.29) is 0 Å². The van der Waals surface area contributed by atoms with Crippen molar-refractivity contribution in [1.82, 2.24) is 19.9 Å². The molecule has 6 nitrogen and oxygen atoms in total. The minimum atomic E-state index is 0.641. The Morgan fingerprint density at radius 3 is 2.80 bits per heavy atom. The molecule has 1 atom stereocenters. The van der Waals surface area contributed by atoms with Gasteiger partial charge in [0.1, 0.15) is 0 Å². The first-order valence-electron chi connectivity index (χ1n) is 10.1. The highest BCUT2D eigenvalue weighted by atomic mass is 16.5. The number of aryl methyl sites for hydroxylation is 1. The summed E-state index contributed by atoms with van der Waals surface area (Å²) in [5.41, 5.74) is 0. The smallest absolute Gasteiger partial charge is 0.240 e. The van der Waals surface area contributed by atoms with Crippen LogP contribution in [0.3, 0.4) is 0 Å². The van der Waals surface area contributed by atoms with E-state index < -0.39 is 0 Å². The molecule has 0 aromatic carbocycles. The molecule has 2 fully saturated rings. The summed E-state index contributed by atoms with van der Waals surface area (Å²) >= 11 is 0. The molecule has 1 aromatic heterocycles. The lowest BCUT2D eigenvalue weighted by Crippen LogP contribution is -2.43. The first-order chi connectivity index (χ1) is 12.2. The van der Waals surface area contributed by atoms with Crippen molar-refractivity contribution < 1.29 is 9.26 Å². The highest BCUT2D eigenvalue weighted by Gasteiger charge is 2.25. The second kappa shape index (κ2) is 9.64. The van der Waals surface area contributed by atoms with Crippen LogP contribution in [0.1, 0.15) is 57.7 Å². The SMILES string of the molecule is CC(C)CCc1noc(CN2CCCCC2CCN2CCOCC2)n1. The summed E-state index contributed by atoms with van der Waals surface area (Å²) in [6.07, 6.45) is 7.18. The van der Waals surface area contributed by atoms with Crippen molar-refractivity contribution in [2.45, 2.75) is 65.0 Å². The minimum Gasteiger partial charge on any atom is -0.379 e. The Balaban J connectivity index is 1.48. The molecule has 1 unspecified atom stereocenters. The van der Waals surface area contributed by atoms with Gasteiger partial charge in [-0.3, -0.25) is 9.80 Å². The van der Waals surface area contributed by atoms with Crippen LogP contribution in [0.15, 0.2) is 4.52 Å². The van der Waals surface area contributed by atoms with Gasteiger partial charge in [0.05, 0.1) is 19.8 Å². The van der Waals surface area contributed by atoms with Crippen molar-refractivity contribution in [2.75, 3.05) is 39.4 Å². The maximum Gasteiger partial charge on any atom is 0.240 e. The standard InChI is InChI=1S/C19H34N4O2/c1-16(2)6-7-18-20-19(25-21-18)15-23-9-4-3-5-17(23)8-10-22-11-13-24-14-12-22/h16-17H,3-15H2,1-2H3. The summed E-state index contributed by atoms with van der Waals surface area (Å²) in [7, 11) is 0. The Morgan fingerprint density at radius 1 is 1.16 bits per heavy atom. The molecule has 0 N–H and O–H groups in total. The van der Waals surface area contributed by atoms with Gasteiger partial charge in [-0.15, -0.1) is 0 Å². The van der Waals surface area contributed by atoms with Gasteiger partial charge in [-0.2, -0.15) is 4.98 Å². The zero-order valence-corrected chi connectivity index (χ0v) is 16.0. The summed E-state index contributed by atoms with van der Waals surface area (Å²) in [6, 6.07) is 0.641. The van der Waals surface area contributed by atoms with Crippen LogP contribution in [0.2, 0.25) is 0 Å². The third-order valence-corrected chi connectivity index (χ3v) is 5.43. The first kappa shape index (κ1) is 18.8. The second-order valence-electron chi connectivity index (χ2n) is 7.90. The number of aromatic nitrogens is 2. The number of likely N-dealkylation sites (tertiary alicyclic amines) is 1. The Hall–Kier alpha value is -0.980. The molecule has 142 valence electrons. The molecule has 0 bridgehead atoms. The van der Waals surface area contributed by atoms with Gasteiger partial charge in [-0.1, -0.05) is 25.4 Å². The lowest BCUT2D eigenvalue weighted by atomic mass is 9.99. The number of hydrogen-bond donors (Lipinski definition) is 0. The topological polar surface area (TPSA) is 54.6 Å². The molecular formula is C19H34N4O2. The molecule has 3 rings (SSSR count). The van der Waals surface area contributed by atoms with Gasteiger partial charge in [-0.25, -0.2) is 0 Å². The van der Waals surface area contributed by atoms with E-state index in [4.69, 9.17) is 9.26 Å². The van der Waals surface area contributed by atoms with E-state index in [2.05, 4.69) is 33.8 Å². The molecule has 0 aliphatic carbocycles. The van der Waals surface area contributed by atoms with E-state index in [0.717, 1.165) is 63.9 Å². The fourth-order valence-corrected chi connectivity index (χ4v) is 3.80. The number of ether oxygens (including phenoxy) is 1. The highest BCUT2D eigenvalue weighted by Crippen LogP contribution is 2.22. The van der Waals surface area contributed by atoms with Crippen LogP contribution >= 0.6 is 0 Å². The lowest BCUT2D eigenvalue weighted by molar-refractivity contribution is 0.0294. The molecule has 0 saturated carbocycles. The molecule has 0 spiro atoms. The van der Waals surface area contributed by atoms with Crippen molar-refractivity contribution in [3.63, 3.8) is 0 Å². The highest BCUT2D eigenvalue weighted by molar-refractivity contribution is 4.89. The quantitative estimate of drug-likeness (QED) is 0.718. The number of piperidine rings is 1. The van der Waals surface area contributed by atoms with E-state index in [1.165, 1.54) is 32.2 Å². The predicted molar refractivity (Wildman–Crippen MR) is 97.4 cm³/mol. The van der Waals surface area contributed by atoms with Gasteiger partial charge < -0.3 is 9.26 Å². The van der Waals surface area contributed by atoms with Crippen molar-refractivity contribution in [2.24, 2.45) is 5.92 Å². The van der Waals surface area contributed by atoms with E-state index in [9.17, 15) is 0 Å². The molecule has 0 radical (unpaired) electrons. The van der Waals surface area contributed by atoms with Crippen LogP contribution < -0.4 is 0 Å². The summed E-state index contributed by atoms with van der Waals surface area (Å²) in [5.74, 6) is 2.33. The summed E-state index contributed by atoms with van der Waals surface area (Å²) in [4.78, 5) is 9.71. The maximum atomic E-state index is 5.51. The third-order valence-electron chi connectivity index (χ3n) is 5.43. The average Bonchev–Trinajstić information content (AvgIpc) is 3.08. The van der Waals surface area contributed by atoms with Crippen LogP contribution in [0.5, 0.6) is 0 Å². The monoisotopic (exact) mass is 350 g/mol. The van der Waals surface area contributed by atoms with Crippen LogP contribution in [0, 0.1) is 5.92 Å². The second-order valence-corrected chi connectivity index (χ2v) is 7.90. The van der Waals surface area contributed by atoms with Crippen LogP contribution in [-0.2, 0) is 17.7 Å². The summed E-state index contributed by atoms with van der Waals surface area (Å²) < 4.78 is 11.0. The molecule has 2 aliphatic rings. The van der Waals surface area contributed by atoms with Gasteiger partial charge in [-0.05, 0) is 44.7 Å². The van der Waals surface area contributed by atoms with E-state index in [1.54, 1.807) is 0 Å². The van der Waals surface area contributed by atoms with Gasteiger partial charge in [0.25, 0.3) is 0 Å². The maximum absolute atomic E-state index is 5.51. The van der Waals surface area contributed by atoms with E-state index in [1.807, 2.05) is 0 Å². The third kappa shape index (κ3) is 6.04. The largest absolute Gasteiger partial charge is 0.379 e. The predicted octanol–water partition coefficient (Wildman–Crippen LogP) is 2.74. The van der Waals surface area contributed by atoms with Crippen LogP contribution in [0.25, 0.3) is 0 Å². The average molecular weight is 351 g/mol. The summed E-state index contributed by atoms with van der Waals surface area (Å²) in [5, 5.41) is 4.16. The Bertz CT molecular complexity index is 499. The summed E-state index contributed by atoms with van der Waals surface area (Å²) in [6.45, 7) is 11.5. The molecular weight excluding hydrogens is 316 g/mol. The van der Waals surface area contributed by atoms with Crippen molar-refractivity contribution >= 4 is 0 Å². The van der Waals surface area contributed by atoms with Crippen molar-refractivity contribution in [3.05, 3.63) is 11.7 Å². The molecule has 0 amide bonds. The molecule has 6 heteroatoms.